The summed E-state index contributed by atoms with van der Waals surface area (Å²) in [5.41, 5.74) is 1.94. The zero-order chi connectivity index (χ0) is 14.3. The number of amides is 2. The normalized spacial score (nSPS) is 13.8. The third kappa shape index (κ3) is 2.29. The second kappa shape index (κ2) is 5.29. The molecule has 0 atom stereocenters. The van der Waals surface area contributed by atoms with Crippen molar-refractivity contribution in [3.8, 4) is 0 Å². The largest absolute Gasteiger partial charge is 0.270 e. The molecule has 20 heavy (non-hydrogen) atoms. The van der Waals surface area contributed by atoms with Crippen LogP contribution in [-0.4, -0.2) is 16.7 Å². The quantitative estimate of drug-likeness (QED) is 0.524. The predicted molar refractivity (Wildman–Crippen MR) is 87.5 cm³/mol. The molecule has 1 heterocycles. The first-order valence-electron chi connectivity index (χ1n) is 5.97. The molecule has 0 N–H and O–H groups in total. The molecule has 3 rings (SSSR count). The Hall–Kier alpha value is -1.21. The second-order valence-corrected chi connectivity index (χ2v) is 6.57. The number of rotatable bonds is 2. The molecule has 0 aliphatic carbocycles. The Balaban J connectivity index is 1.96. The Labute approximate surface area is 138 Å². The van der Waals surface area contributed by atoms with Crippen molar-refractivity contribution in [3.05, 3.63) is 67.2 Å². The summed E-state index contributed by atoms with van der Waals surface area (Å²) >= 11 is 5.48. The van der Waals surface area contributed by atoms with Gasteiger partial charge in [0.2, 0.25) is 0 Å². The number of carbonyl (C=O) groups is 2. The summed E-state index contributed by atoms with van der Waals surface area (Å²) in [5, 5.41) is 0. The van der Waals surface area contributed by atoms with Gasteiger partial charge in [0.25, 0.3) is 11.8 Å². The number of imide groups is 1. The van der Waals surface area contributed by atoms with Gasteiger partial charge in [0.15, 0.2) is 0 Å². The molecule has 0 aromatic heterocycles. The topological polar surface area (TPSA) is 37.4 Å². The van der Waals surface area contributed by atoms with Gasteiger partial charge < -0.3 is 0 Å². The van der Waals surface area contributed by atoms with E-state index in [2.05, 4.69) is 38.5 Å². The minimum atomic E-state index is -0.219. The summed E-state index contributed by atoms with van der Waals surface area (Å²) < 4.78 is 1.75. The molecule has 5 heteroatoms. The molecule has 0 saturated heterocycles. The van der Waals surface area contributed by atoms with Gasteiger partial charge in [-0.2, -0.15) is 0 Å². The van der Waals surface area contributed by atoms with Crippen LogP contribution in [-0.2, 0) is 6.54 Å². The Bertz CT molecular complexity index is 730. The third-order valence-corrected chi connectivity index (χ3v) is 4.57. The van der Waals surface area contributed by atoms with Gasteiger partial charge in [-0.25, -0.2) is 0 Å². The van der Waals surface area contributed by atoms with Crippen LogP contribution in [0.4, 0.5) is 0 Å². The van der Waals surface area contributed by atoms with Crippen LogP contribution in [0.2, 0.25) is 0 Å². The summed E-state index contributed by atoms with van der Waals surface area (Å²) in [5.74, 6) is -0.432. The van der Waals surface area contributed by atoms with E-state index in [0.29, 0.717) is 17.7 Å². The van der Waals surface area contributed by atoms with Crippen LogP contribution in [0.25, 0.3) is 0 Å². The number of hydrogen-bond donors (Lipinski definition) is 0. The summed E-state index contributed by atoms with van der Waals surface area (Å²) in [6, 6.07) is 13.0. The Kier molecular flexibility index (Phi) is 3.64. The fourth-order valence-electron chi connectivity index (χ4n) is 2.25. The van der Waals surface area contributed by atoms with E-state index in [0.717, 1.165) is 13.6 Å². The SMILES string of the molecule is O=C1c2cccc(I)c2C(=O)N1Cc1cccc(Br)c1. The van der Waals surface area contributed by atoms with E-state index in [9.17, 15) is 9.59 Å². The average molecular weight is 442 g/mol. The van der Waals surface area contributed by atoms with Crippen molar-refractivity contribution in [1.29, 1.82) is 0 Å². The van der Waals surface area contributed by atoms with Crippen molar-refractivity contribution < 1.29 is 9.59 Å². The smallest absolute Gasteiger partial charge is 0.262 e. The molecule has 0 fully saturated rings. The lowest BCUT2D eigenvalue weighted by Crippen LogP contribution is -2.29. The van der Waals surface area contributed by atoms with E-state index in [-0.39, 0.29) is 11.8 Å². The van der Waals surface area contributed by atoms with Crippen LogP contribution >= 0.6 is 38.5 Å². The number of halogens is 2. The third-order valence-electron chi connectivity index (χ3n) is 3.18. The first-order valence-corrected chi connectivity index (χ1v) is 7.84. The lowest BCUT2D eigenvalue weighted by atomic mass is 10.1. The molecular weight excluding hydrogens is 433 g/mol. The molecule has 100 valence electrons. The maximum absolute atomic E-state index is 12.4. The molecule has 0 radical (unpaired) electrons. The van der Waals surface area contributed by atoms with Crippen LogP contribution in [0.3, 0.4) is 0 Å². The summed E-state index contributed by atoms with van der Waals surface area (Å²) in [7, 11) is 0. The molecule has 2 aromatic rings. The Morgan fingerprint density at radius 3 is 2.50 bits per heavy atom. The van der Waals surface area contributed by atoms with Crippen LogP contribution in [0.5, 0.6) is 0 Å². The molecule has 3 nitrogen and oxygen atoms in total. The van der Waals surface area contributed by atoms with Gasteiger partial charge in [-0.1, -0.05) is 34.1 Å². The monoisotopic (exact) mass is 441 g/mol. The van der Waals surface area contributed by atoms with E-state index >= 15 is 0 Å². The number of benzene rings is 2. The highest BCUT2D eigenvalue weighted by Crippen LogP contribution is 2.28. The summed E-state index contributed by atoms with van der Waals surface area (Å²) in [6.45, 7) is 0.294. The van der Waals surface area contributed by atoms with E-state index < -0.39 is 0 Å². The minimum Gasteiger partial charge on any atom is -0.270 e. The van der Waals surface area contributed by atoms with Gasteiger partial charge >= 0.3 is 0 Å². The predicted octanol–water partition coefficient (Wildman–Crippen LogP) is 3.85. The van der Waals surface area contributed by atoms with Crippen LogP contribution < -0.4 is 0 Å². The highest BCUT2D eigenvalue weighted by molar-refractivity contribution is 14.1. The van der Waals surface area contributed by atoms with Gasteiger partial charge in [0.05, 0.1) is 17.7 Å². The van der Waals surface area contributed by atoms with Gasteiger partial charge in [-0.3, -0.25) is 14.5 Å². The lowest BCUT2D eigenvalue weighted by Gasteiger charge is -2.14. The molecular formula is C15H9BrINO2. The maximum Gasteiger partial charge on any atom is 0.262 e. The Morgan fingerprint density at radius 2 is 1.80 bits per heavy atom. The van der Waals surface area contributed by atoms with Crippen molar-refractivity contribution in [3.63, 3.8) is 0 Å². The summed E-state index contributed by atoms with van der Waals surface area (Å²) in [6.07, 6.45) is 0. The van der Waals surface area contributed by atoms with Crippen molar-refractivity contribution in [2.24, 2.45) is 0 Å². The van der Waals surface area contributed by atoms with Crippen LogP contribution in [0.15, 0.2) is 46.9 Å². The first-order chi connectivity index (χ1) is 9.58. The van der Waals surface area contributed by atoms with Crippen molar-refractivity contribution in [1.82, 2.24) is 4.90 Å². The van der Waals surface area contributed by atoms with Gasteiger partial charge in [-0.05, 0) is 52.4 Å². The first kappa shape index (κ1) is 13.8. The van der Waals surface area contributed by atoms with E-state index in [1.165, 1.54) is 4.90 Å². The molecule has 0 spiro atoms. The minimum absolute atomic E-state index is 0.213. The molecule has 1 aliphatic heterocycles. The Morgan fingerprint density at radius 1 is 1.05 bits per heavy atom. The zero-order valence-electron chi connectivity index (χ0n) is 10.3. The number of hydrogen-bond acceptors (Lipinski definition) is 2. The molecule has 0 unspecified atom stereocenters. The van der Waals surface area contributed by atoms with Crippen molar-refractivity contribution in [2.45, 2.75) is 6.54 Å². The highest BCUT2D eigenvalue weighted by Gasteiger charge is 2.36. The standard InChI is InChI=1S/C15H9BrINO2/c16-10-4-1-3-9(7-10)8-18-14(19)11-5-2-6-12(17)13(11)15(18)20/h1-7H,8H2. The number of carbonyl (C=O) groups excluding carboxylic acids is 2. The van der Waals surface area contributed by atoms with E-state index in [1.807, 2.05) is 30.3 Å². The van der Waals surface area contributed by atoms with E-state index in [1.54, 1.807) is 12.1 Å². The highest BCUT2D eigenvalue weighted by atomic mass is 127. The van der Waals surface area contributed by atoms with Gasteiger partial charge in [0.1, 0.15) is 0 Å². The zero-order valence-corrected chi connectivity index (χ0v) is 14.0. The van der Waals surface area contributed by atoms with E-state index in [4.69, 9.17) is 0 Å². The maximum atomic E-state index is 12.4. The van der Waals surface area contributed by atoms with Crippen molar-refractivity contribution >= 4 is 50.3 Å². The van der Waals surface area contributed by atoms with Crippen LogP contribution in [0, 0.1) is 3.57 Å². The fourth-order valence-corrected chi connectivity index (χ4v) is 3.43. The van der Waals surface area contributed by atoms with Crippen molar-refractivity contribution in [2.75, 3.05) is 0 Å². The average Bonchev–Trinajstić information content (AvgIpc) is 2.65. The van der Waals surface area contributed by atoms with Gasteiger partial charge in [0, 0.05) is 8.04 Å². The number of fused-ring (bicyclic) bond motifs is 1. The molecule has 2 amide bonds. The van der Waals surface area contributed by atoms with Crippen LogP contribution in [0.1, 0.15) is 26.3 Å². The fraction of sp³-hybridized carbons (Fsp3) is 0.0667. The lowest BCUT2D eigenvalue weighted by molar-refractivity contribution is 0.0642. The molecule has 1 aliphatic rings. The second-order valence-electron chi connectivity index (χ2n) is 4.49. The van der Waals surface area contributed by atoms with Gasteiger partial charge in [-0.15, -0.1) is 0 Å². The summed E-state index contributed by atoms with van der Waals surface area (Å²) in [4.78, 5) is 26.0. The number of nitrogens with zero attached hydrogens (tertiary/aromatic N) is 1. The molecule has 2 aromatic carbocycles. The molecule has 0 saturated carbocycles. The molecule has 0 bridgehead atoms.